The highest BCUT2D eigenvalue weighted by atomic mass is 16.2. The first-order valence-corrected chi connectivity index (χ1v) is 5.34. The van der Waals surface area contributed by atoms with Crippen LogP contribution >= 0.6 is 0 Å². The molecule has 0 aliphatic heterocycles. The minimum Gasteiger partial charge on any atom is -0.348 e. The van der Waals surface area contributed by atoms with E-state index in [1.165, 1.54) is 0 Å². The topological polar surface area (TPSA) is 83.8 Å². The third-order valence-corrected chi connectivity index (χ3v) is 2.37. The van der Waals surface area contributed by atoms with E-state index in [4.69, 9.17) is 5.73 Å². The van der Waals surface area contributed by atoms with Gasteiger partial charge in [-0.2, -0.15) is 0 Å². The summed E-state index contributed by atoms with van der Waals surface area (Å²) in [6, 6.07) is 8.66. The molecule has 17 heavy (non-hydrogen) atoms. The molecule has 0 saturated carbocycles. The van der Waals surface area contributed by atoms with E-state index in [9.17, 15) is 4.79 Å². The van der Waals surface area contributed by atoms with Crippen molar-refractivity contribution in [3.8, 4) is 0 Å². The maximum absolute atomic E-state index is 11.8. The smallest absolute Gasteiger partial charge is 0.241 e. The molecule has 1 aromatic heterocycles. The third kappa shape index (κ3) is 3.15. The van der Waals surface area contributed by atoms with E-state index in [-0.39, 0.29) is 5.91 Å². The van der Waals surface area contributed by atoms with Gasteiger partial charge < -0.3 is 16.0 Å². The molecule has 0 saturated heterocycles. The summed E-state index contributed by atoms with van der Waals surface area (Å²) in [5.74, 6) is -0.203. The van der Waals surface area contributed by atoms with E-state index in [1.54, 1.807) is 12.5 Å². The van der Waals surface area contributed by atoms with Crippen LogP contribution in [0.3, 0.4) is 0 Å². The molecule has 5 nitrogen and oxygen atoms in total. The van der Waals surface area contributed by atoms with E-state index in [2.05, 4.69) is 15.3 Å². The zero-order valence-electron chi connectivity index (χ0n) is 9.26. The van der Waals surface area contributed by atoms with Gasteiger partial charge in [0.2, 0.25) is 5.91 Å². The standard InChI is InChI=1S/C12H14N4O/c13-11(6-10-7-14-8-15-10)12(17)16-9-4-2-1-3-5-9/h1-5,7-8,11H,6,13H2,(H,14,15)(H,16,17)/t11-/m0/s1. The maximum Gasteiger partial charge on any atom is 0.241 e. The van der Waals surface area contributed by atoms with Crippen LogP contribution in [0.2, 0.25) is 0 Å². The van der Waals surface area contributed by atoms with Crippen molar-refractivity contribution >= 4 is 11.6 Å². The van der Waals surface area contributed by atoms with Crippen molar-refractivity contribution in [2.45, 2.75) is 12.5 Å². The minimum absolute atomic E-state index is 0.203. The molecular formula is C12H14N4O. The second-order valence-electron chi connectivity index (χ2n) is 3.74. The Morgan fingerprint density at radius 3 is 2.82 bits per heavy atom. The van der Waals surface area contributed by atoms with E-state index in [0.717, 1.165) is 11.4 Å². The van der Waals surface area contributed by atoms with Gasteiger partial charge in [0.25, 0.3) is 0 Å². The van der Waals surface area contributed by atoms with Gasteiger partial charge in [0, 0.05) is 24.0 Å². The lowest BCUT2D eigenvalue weighted by Crippen LogP contribution is -2.37. The predicted octanol–water partition coefficient (Wildman–Crippen LogP) is 0.918. The molecule has 0 fully saturated rings. The summed E-state index contributed by atoms with van der Waals surface area (Å²) < 4.78 is 0. The molecule has 1 atom stereocenters. The van der Waals surface area contributed by atoms with Crippen molar-refractivity contribution in [1.82, 2.24) is 9.97 Å². The predicted molar refractivity (Wildman–Crippen MR) is 65.3 cm³/mol. The van der Waals surface area contributed by atoms with Gasteiger partial charge in [-0.25, -0.2) is 4.98 Å². The fourth-order valence-corrected chi connectivity index (χ4v) is 1.48. The number of rotatable bonds is 4. The Morgan fingerprint density at radius 1 is 1.41 bits per heavy atom. The average molecular weight is 230 g/mol. The van der Waals surface area contributed by atoms with Crippen LogP contribution in [-0.2, 0) is 11.2 Å². The van der Waals surface area contributed by atoms with Gasteiger partial charge in [0.05, 0.1) is 12.4 Å². The van der Waals surface area contributed by atoms with Gasteiger partial charge in [0.15, 0.2) is 0 Å². The quantitative estimate of drug-likeness (QED) is 0.730. The van der Waals surface area contributed by atoms with Crippen LogP contribution in [0.1, 0.15) is 5.69 Å². The number of imidazole rings is 1. The summed E-state index contributed by atoms with van der Waals surface area (Å²) in [4.78, 5) is 18.6. The summed E-state index contributed by atoms with van der Waals surface area (Å²) in [7, 11) is 0. The number of anilines is 1. The highest BCUT2D eigenvalue weighted by molar-refractivity contribution is 5.94. The monoisotopic (exact) mass is 230 g/mol. The molecule has 0 aliphatic carbocycles. The molecule has 0 radical (unpaired) electrons. The Balaban J connectivity index is 1.92. The zero-order valence-corrected chi connectivity index (χ0v) is 9.26. The van der Waals surface area contributed by atoms with Crippen LogP contribution < -0.4 is 11.1 Å². The highest BCUT2D eigenvalue weighted by Crippen LogP contribution is 2.06. The normalized spacial score (nSPS) is 12.1. The van der Waals surface area contributed by atoms with Gasteiger partial charge in [-0.1, -0.05) is 18.2 Å². The first-order valence-electron chi connectivity index (χ1n) is 5.34. The molecule has 1 aromatic carbocycles. The number of nitrogens with one attached hydrogen (secondary N) is 2. The molecule has 5 heteroatoms. The van der Waals surface area contributed by atoms with Crippen molar-refractivity contribution in [2.75, 3.05) is 5.32 Å². The Hall–Kier alpha value is -2.14. The Kier molecular flexibility index (Phi) is 3.52. The Morgan fingerprint density at radius 2 is 2.18 bits per heavy atom. The summed E-state index contributed by atoms with van der Waals surface area (Å²) in [6.07, 6.45) is 3.67. The summed E-state index contributed by atoms with van der Waals surface area (Å²) in [5.41, 5.74) is 7.39. The molecule has 1 amide bonds. The zero-order chi connectivity index (χ0) is 12.1. The van der Waals surface area contributed by atoms with Crippen LogP contribution in [0, 0.1) is 0 Å². The number of aromatic nitrogens is 2. The molecule has 0 bridgehead atoms. The number of benzene rings is 1. The summed E-state index contributed by atoms with van der Waals surface area (Å²) in [5, 5.41) is 2.76. The van der Waals surface area contributed by atoms with Gasteiger partial charge in [0.1, 0.15) is 0 Å². The second kappa shape index (κ2) is 5.27. The van der Waals surface area contributed by atoms with E-state index in [1.807, 2.05) is 30.3 Å². The molecule has 1 heterocycles. The first-order chi connectivity index (χ1) is 8.25. The lowest BCUT2D eigenvalue weighted by molar-refractivity contribution is -0.117. The molecule has 0 spiro atoms. The molecule has 2 aromatic rings. The fraction of sp³-hybridized carbons (Fsp3) is 0.167. The van der Waals surface area contributed by atoms with Crippen LogP contribution in [-0.4, -0.2) is 21.9 Å². The van der Waals surface area contributed by atoms with Crippen LogP contribution in [0.15, 0.2) is 42.9 Å². The summed E-state index contributed by atoms with van der Waals surface area (Å²) >= 11 is 0. The van der Waals surface area contributed by atoms with Crippen LogP contribution in [0.5, 0.6) is 0 Å². The fourth-order valence-electron chi connectivity index (χ4n) is 1.48. The summed E-state index contributed by atoms with van der Waals surface area (Å²) in [6.45, 7) is 0. The maximum atomic E-state index is 11.8. The molecule has 88 valence electrons. The van der Waals surface area contributed by atoms with Crippen LogP contribution in [0.25, 0.3) is 0 Å². The van der Waals surface area contributed by atoms with E-state index >= 15 is 0 Å². The minimum atomic E-state index is -0.587. The Labute approximate surface area is 99.1 Å². The second-order valence-corrected chi connectivity index (χ2v) is 3.74. The first kappa shape index (κ1) is 11.3. The molecular weight excluding hydrogens is 216 g/mol. The lowest BCUT2D eigenvalue weighted by Gasteiger charge is -2.11. The SMILES string of the molecule is N[C@@H](Cc1cnc[nH]1)C(=O)Nc1ccccc1. The van der Waals surface area contributed by atoms with Gasteiger partial charge in [-0.15, -0.1) is 0 Å². The number of aromatic amines is 1. The number of para-hydroxylation sites is 1. The molecule has 2 rings (SSSR count). The highest BCUT2D eigenvalue weighted by Gasteiger charge is 2.14. The number of hydrogen-bond acceptors (Lipinski definition) is 3. The van der Waals surface area contributed by atoms with Crippen molar-refractivity contribution in [3.05, 3.63) is 48.5 Å². The molecule has 4 N–H and O–H groups in total. The number of nitrogens with two attached hydrogens (primary N) is 1. The average Bonchev–Trinajstić information content (AvgIpc) is 2.83. The lowest BCUT2D eigenvalue weighted by atomic mass is 10.1. The largest absolute Gasteiger partial charge is 0.348 e. The van der Waals surface area contributed by atoms with Gasteiger partial charge in [-0.05, 0) is 12.1 Å². The number of nitrogens with zero attached hydrogens (tertiary/aromatic N) is 1. The molecule has 0 aliphatic rings. The van der Waals surface area contributed by atoms with Crippen molar-refractivity contribution in [2.24, 2.45) is 5.73 Å². The van der Waals surface area contributed by atoms with E-state index < -0.39 is 6.04 Å². The van der Waals surface area contributed by atoms with Gasteiger partial charge >= 0.3 is 0 Å². The van der Waals surface area contributed by atoms with Gasteiger partial charge in [-0.3, -0.25) is 4.79 Å². The number of carbonyl (C=O) groups is 1. The number of carbonyl (C=O) groups excluding carboxylic acids is 1. The van der Waals surface area contributed by atoms with Crippen molar-refractivity contribution in [3.63, 3.8) is 0 Å². The van der Waals surface area contributed by atoms with Crippen LogP contribution in [0.4, 0.5) is 5.69 Å². The molecule has 0 unspecified atom stereocenters. The Bertz CT molecular complexity index is 467. The van der Waals surface area contributed by atoms with Crippen molar-refractivity contribution in [1.29, 1.82) is 0 Å². The van der Waals surface area contributed by atoms with E-state index in [0.29, 0.717) is 6.42 Å². The number of H-pyrrole nitrogens is 1. The van der Waals surface area contributed by atoms with Crippen molar-refractivity contribution < 1.29 is 4.79 Å². The third-order valence-electron chi connectivity index (χ3n) is 2.37. The number of hydrogen-bond donors (Lipinski definition) is 3. The number of amides is 1.